The van der Waals surface area contributed by atoms with Crippen molar-refractivity contribution >= 4 is 29.6 Å². The third kappa shape index (κ3) is 6.04. The smallest absolute Gasteiger partial charge is 0.338 e. The number of rotatable bonds is 8. The van der Waals surface area contributed by atoms with Gasteiger partial charge in [-0.1, -0.05) is 62.4 Å². The lowest BCUT2D eigenvalue weighted by molar-refractivity contribution is -0.346. The fourth-order valence-electron chi connectivity index (χ4n) is 9.30. The summed E-state index contributed by atoms with van der Waals surface area (Å²) in [6.07, 6.45) is -10.2. The van der Waals surface area contributed by atoms with Crippen LogP contribution in [0.5, 0.6) is 0 Å². The lowest BCUT2D eigenvalue weighted by Crippen LogP contribution is -2.81. The van der Waals surface area contributed by atoms with E-state index in [0.29, 0.717) is 5.56 Å². The molecule has 1 saturated heterocycles. The van der Waals surface area contributed by atoms with Gasteiger partial charge in [0, 0.05) is 43.6 Å². The molecule has 11 unspecified atom stereocenters. The van der Waals surface area contributed by atoms with Crippen LogP contribution in [-0.4, -0.2) is 104 Å². The van der Waals surface area contributed by atoms with E-state index in [1.54, 1.807) is 74.5 Å². The molecule has 290 valence electrons. The first-order valence-electron chi connectivity index (χ1n) is 17.9. The Kier molecular flexibility index (Phi) is 10.2. The fraction of sp³-hybridized carbons (Fsp3) is 0.525. The average molecular weight is 750 g/mol. The minimum atomic E-state index is -2.31. The van der Waals surface area contributed by atoms with Crippen LogP contribution in [0.1, 0.15) is 76.3 Å². The maximum Gasteiger partial charge on any atom is 0.338 e. The van der Waals surface area contributed by atoms with Gasteiger partial charge in [-0.25, -0.2) is 4.79 Å². The van der Waals surface area contributed by atoms with E-state index >= 15 is 0 Å². The zero-order chi connectivity index (χ0) is 39.5. The molecule has 54 heavy (non-hydrogen) atoms. The highest BCUT2D eigenvalue weighted by molar-refractivity contribution is 5.96. The van der Waals surface area contributed by atoms with Crippen LogP contribution in [-0.2, 0) is 38.1 Å². The summed E-state index contributed by atoms with van der Waals surface area (Å²) in [5.74, 6) is -5.71. The zero-order valence-corrected chi connectivity index (χ0v) is 31.0. The molecule has 3 fully saturated rings. The second-order valence-corrected chi connectivity index (χ2v) is 15.6. The Bertz CT molecular complexity index is 1860. The van der Waals surface area contributed by atoms with Gasteiger partial charge in [-0.15, -0.1) is 0 Å². The van der Waals surface area contributed by atoms with Crippen molar-refractivity contribution in [1.29, 1.82) is 0 Å². The molecular weight excluding hydrogens is 702 g/mol. The summed E-state index contributed by atoms with van der Waals surface area (Å²) in [5.41, 5.74) is -6.62. The molecule has 1 heterocycles. The minimum absolute atomic E-state index is 0.0279. The summed E-state index contributed by atoms with van der Waals surface area (Å²) >= 11 is 0. The number of nitrogens with one attached hydrogen (secondary N) is 1. The fourth-order valence-corrected chi connectivity index (χ4v) is 9.30. The van der Waals surface area contributed by atoms with Gasteiger partial charge in [0.15, 0.2) is 23.6 Å². The van der Waals surface area contributed by atoms with E-state index in [-0.39, 0.29) is 29.7 Å². The first-order chi connectivity index (χ1) is 25.3. The number of aliphatic hydroxyl groups excluding tert-OH is 3. The van der Waals surface area contributed by atoms with Gasteiger partial charge in [-0.05, 0) is 42.7 Å². The molecule has 1 aliphatic heterocycles. The summed E-state index contributed by atoms with van der Waals surface area (Å²) in [5, 5.41) is 51.4. The first kappa shape index (κ1) is 39.2. The second kappa shape index (κ2) is 14.0. The predicted molar refractivity (Wildman–Crippen MR) is 188 cm³/mol. The van der Waals surface area contributed by atoms with Crippen molar-refractivity contribution in [2.45, 2.75) is 108 Å². The molecule has 5 N–H and O–H groups in total. The highest BCUT2D eigenvalue weighted by atomic mass is 16.6. The Morgan fingerprint density at radius 2 is 1.54 bits per heavy atom. The van der Waals surface area contributed by atoms with Gasteiger partial charge in [0.2, 0.25) is 0 Å². The summed E-state index contributed by atoms with van der Waals surface area (Å²) in [7, 11) is 0. The molecule has 14 heteroatoms. The Morgan fingerprint density at radius 3 is 2.09 bits per heavy atom. The summed E-state index contributed by atoms with van der Waals surface area (Å²) in [4.78, 5) is 67.4. The topological polar surface area (TPSA) is 215 Å². The Balaban J connectivity index is 1.44. The second-order valence-electron chi connectivity index (χ2n) is 15.6. The maximum absolute atomic E-state index is 15.0. The molecule has 11 atom stereocenters. The number of amides is 1. The molecule has 0 aromatic heterocycles. The largest absolute Gasteiger partial charge is 0.456 e. The molecule has 2 aromatic carbocycles. The van der Waals surface area contributed by atoms with Crippen LogP contribution in [0.4, 0.5) is 0 Å². The highest BCUT2D eigenvalue weighted by Gasteiger charge is 2.77. The lowest BCUT2D eigenvalue weighted by Gasteiger charge is -2.67. The highest BCUT2D eigenvalue weighted by Crippen LogP contribution is 2.63. The van der Waals surface area contributed by atoms with Gasteiger partial charge in [-0.2, -0.15) is 0 Å². The van der Waals surface area contributed by atoms with Crippen LogP contribution >= 0.6 is 0 Å². The van der Waals surface area contributed by atoms with Gasteiger partial charge in [0.25, 0.3) is 5.91 Å². The van der Waals surface area contributed by atoms with Crippen molar-refractivity contribution in [2.75, 3.05) is 6.61 Å². The van der Waals surface area contributed by atoms with Gasteiger partial charge >= 0.3 is 17.9 Å². The lowest BCUT2D eigenvalue weighted by atomic mass is 9.44. The van der Waals surface area contributed by atoms with Crippen LogP contribution in [0.15, 0.2) is 71.8 Å². The third-order valence-electron chi connectivity index (χ3n) is 12.3. The molecule has 0 radical (unpaired) electrons. The molecule has 2 saturated carbocycles. The van der Waals surface area contributed by atoms with Crippen molar-refractivity contribution in [3.05, 3.63) is 82.9 Å². The SMILES string of the molecule is CC(=O)OC1C(=O)C2(C)C(O)CC3OCC3(OC(C)=O)C2C(O)C2(O)CC(OC(=O)C(O)C(NC(=O)c3ccccc3)c3ccccc3)C(C)=C1C2(C)C. The minimum Gasteiger partial charge on any atom is -0.456 e. The molecule has 4 aliphatic rings. The summed E-state index contributed by atoms with van der Waals surface area (Å²) in [6.45, 7) is 7.99. The standard InChI is InChI=1S/C40H47NO13/c1-20-25(53-36(49)30(45)29(23-13-9-7-10-14-23)41-35(48)24-15-11-8-12-16-24)18-40(50)34(47)32-38(6,26(44)17-27-39(32,19-51-27)54-22(3)43)33(46)31(52-21(2)42)28(20)37(40,4)5/h7-16,25-27,29-32,34,44-45,47,50H,17-19H2,1-6H3,(H,41,48). The normalized spacial score (nSPS) is 35.0. The number of ketones is 1. The summed E-state index contributed by atoms with van der Waals surface area (Å²) < 4.78 is 23.2. The van der Waals surface area contributed by atoms with Crippen molar-refractivity contribution in [3.8, 4) is 0 Å². The van der Waals surface area contributed by atoms with Crippen molar-refractivity contribution in [3.63, 3.8) is 0 Å². The number of benzene rings is 2. The first-order valence-corrected chi connectivity index (χ1v) is 17.9. The van der Waals surface area contributed by atoms with Gasteiger partial charge in [-0.3, -0.25) is 19.2 Å². The van der Waals surface area contributed by atoms with Crippen LogP contribution in [0.25, 0.3) is 0 Å². The monoisotopic (exact) mass is 749 g/mol. The van der Waals surface area contributed by atoms with Crippen LogP contribution < -0.4 is 5.32 Å². The van der Waals surface area contributed by atoms with Gasteiger partial charge in [0.1, 0.15) is 17.8 Å². The molecule has 3 aliphatic carbocycles. The molecule has 6 rings (SSSR count). The van der Waals surface area contributed by atoms with Crippen molar-refractivity contribution in [1.82, 2.24) is 5.32 Å². The number of carbonyl (C=O) groups excluding carboxylic acids is 5. The number of fused-ring (bicyclic) bond motifs is 5. The van der Waals surface area contributed by atoms with Gasteiger partial charge < -0.3 is 44.7 Å². The number of hydrogen-bond donors (Lipinski definition) is 5. The Morgan fingerprint density at radius 1 is 0.926 bits per heavy atom. The van der Waals surface area contributed by atoms with Crippen LogP contribution in [0.2, 0.25) is 0 Å². The average Bonchev–Trinajstić information content (AvgIpc) is 3.12. The van der Waals surface area contributed by atoms with E-state index in [9.17, 15) is 44.4 Å². The molecule has 1 amide bonds. The number of Topliss-reactive ketones (excluding diaryl/α,β-unsaturated/α-hetero) is 1. The van der Waals surface area contributed by atoms with E-state index < -0.39 is 107 Å². The number of carbonyl (C=O) groups is 5. The van der Waals surface area contributed by atoms with E-state index in [4.69, 9.17) is 18.9 Å². The van der Waals surface area contributed by atoms with Crippen molar-refractivity contribution < 1.29 is 63.3 Å². The number of esters is 3. The molecule has 2 bridgehead atoms. The Labute approximate surface area is 312 Å². The Hall–Kier alpha value is -4.47. The number of hydrogen-bond acceptors (Lipinski definition) is 13. The quantitative estimate of drug-likeness (QED) is 0.148. The maximum atomic E-state index is 15.0. The zero-order valence-electron chi connectivity index (χ0n) is 31.0. The third-order valence-corrected chi connectivity index (χ3v) is 12.3. The molecular formula is C40H47NO13. The van der Waals surface area contributed by atoms with Crippen LogP contribution in [0.3, 0.4) is 0 Å². The van der Waals surface area contributed by atoms with Gasteiger partial charge in [0.05, 0.1) is 30.3 Å². The molecule has 2 aromatic rings. The predicted octanol–water partition coefficient (Wildman–Crippen LogP) is 1.87. The van der Waals surface area contributed by atoms with E-state index in [0.717, 1.165) is 13.8 Å². The van der Waals surface area contributed by atoms with E-state index in [1.807, 2.05) is 0 Å². The molecule has 0 spiro atoms. The van der Waals surface area contributed by atoms with E-state index in [1.165, 1.54) is 13.8 Å². The van der Waals surface area contributed by atoms with E-state index in [2.05, 4.69) is 5.32 Å². The molecule has 14 nitrogen and oxygen atoms in total. The number of ether oxygens (including phenoxy) is 4. The number of aliphatic hydroxyl groups is 4. The van der Waals surface area contributed by atoms with Crippen LogP contribution in [0, 0.1) is 16.7 Å². The summed E-state index contributed by atoms with van der Waals surface area (Å²) in [6, 6.07) is 15.2. The van der Waals surface area contributed by atoms with Crippen molar-refractivity contribution in [2.24, 2.45) is 16.7 Å².